The zero-order valence-electron chi connectivity index (χ0n) is 14.4. The summed E-state index contributed by atoms with van der Waals surface area (Å²) in [6, 6.07) is 9.36. The van der Waals surface area contributed by atoms with Gasteiger partial charge in [-0.05, 0) is 29.7 Å². The summed E-state index contributed by atoms with van der Waals surface area (Å²) in [5.74, 6) is 1.11. The molecule has 0 aliphatic heterocycles. The highest BCUT2D eigenvalue weighted by Crippen LogP contribution is 2.11. The fourth-order valence-corrected chi connectivity index (χ4v) is 2.44. The van der Waals surface area contributed by atoms with Crippen LogP contribution in [0.1, 0.15) is 35.6 Å². The molecule has 1 amide bonds. The summed E-state index contributed by atoms with van der Waals surface area (Å²) in [6.45, 7) is 4.92. The van der Waals surface area contributed by atoms with E-state index in [1.54, 1.807) is 18.6 Å². The molecule has 0 spiro atoms. The van der Waals surface area contributed by atoms with Crippen LogP contribution in [0.5, 0.6) is 0 Å². The van der Waals surface area contributed by atoms with Crippen molar-refractivity contribution < 1.29 is 4.79 Å². The molecule has 6 nitrogen and oxygen atoms in total. The highest BCUT2D eigenvalue weighted by atomic mass is 16.1. The first-order valence-electron chi connectivity index (χ1n) is 8.29. The first-order chi connectivity index (χ1) is 12.1. The molecule has 25 heavy (non-hydrogen) atoms. The normalized spacial score (nSPS) is 10.8. The lowest BCUT2D eigenvalue weighted by molar-refractivity contribution is 0.102. The van der Waals surface area contributed by atoms with E-state index in [0.717, 1.165) is 17.8 Å². The molecule has 0 radical (unpaired) electrons. The fraction of sp³-hybridized carbons (Fsp3) is 0.263. The molecule has 0 aliphatic rings. The first-order valence-corrected chi connectivity index (χ1v) is 8.29. The number of carbonyl (C=O) groups excluding carboxylic acids is 1. The van der Waals surface area contributed by atoms with Gasteiger partial charge in [0.15, 0.2) is 0 Å². The van der Waals surface area contributed by atoms with E-state index in [2.05, 4.69) is 34.2 Å². The Hall–Kier alpha value is -3.02. The number of anilines is 1. The van der Waals surface area contributed by atoms with Crippen molar-refractivity contribution in [1.29, 1.82) is 0 Å². The predicted octanol–water partition coefficient (Wildman–Crippen LogP) is 3.17. The maximum Gasteiger partial charge on any atom is 0.255 e. The van der Waals surface area contributed by atoms with Crippen molar-refractivity contribution in [2.75, 3.05) is 5.32 Å². The number of aromatic nitrogens is 4. The monoisotopic (exact) mass is 335 g/mol. The SMILES string of the molecule is CC(C)Cc1ncc(NC(=O)c2ccc(Cn3cccn3)cc2)cn1. The number of nitrogens with one attached hydrogen (secondary N) is 1. The van der Waals surface area contributed by atoms with Gasteiger partial charge in [-0.3, -0.25) is 9.48 Å². The Bertz CT molecular complexity index is 808. The predicted molar refractivity (Wildman–Crippen MR) is 96.3 cm³/mol. The van der Waals surface area contributed by atoms with Gasteiger partial charge in [0.25, 0.3) is 5.91 Å². The second kappa shape index (κ2) is 7.70. The lowest BCUT2D eigenvalue weighted by Gasteiger charge is -2.07. The van der Waals surface area contributed by atoms with Crippen molar-refractivity contribution >= 4 is 11.6 Å². The van der Waals surface area contributed by atoms with Gasteiger partial charge in [0, 0.05) is 24.4 Å². The molecule has 1 N–H and O–H groups in total. The molecule has 6 heteroatoms. The molecule has 0 bridgehead atoms. The minimum Gasteiger partial charge on any atom is -0.319 e. The number of rotatable bonds is 6. The number of carbonyl (C=O) groups is 1. The summed E-state index contributed by atoms with van der Waals surface area (Å²) in [6.07, 6.45) is 7.77. The van der Waals surface area contributed by atoms with Crippen LogP contribution in [0.25, 0.3) is 0 Å². The molecule has 3 rings (SSSR count). The van der Waals surface area contributed by atoms with Crippen LogP contribution in [-0.4, -0.2) is 25.7 Å². The third kappa shape index (κ3) is 4.73. The topological polar surface area (TPSA) is 72.7 Å². The van der Waals surface area contributed by atoms with Gasteiger partial charge in [-0.15, -0.1) is 0 Å². The van der Waals surface area contributed by atoms with E-state index >= 15 is 0 Å². The van der Waals surface area contributed by atoms with Crippen LogP contribution >= 0.6 is 0 Å². The van der Waals surface area contributed by atoms with Gasteiger partial charge in [-0.25, -0.2) is 9.97 Å². The van der Waals surface area contributed by atoms with Gasteiger partial charge >= 0.3 is 0 Å². The van der Waals surface area contributed by atoms with E-state index in [4.69, 9.17) is 0 Å². The second-order valence-electron chi connectivity index (χ2n) is 6.34. The smallest absolute Gasteiger partial charge is 0.255 e. The maximum atomic E-state index is 12.3. The van der Waals surface area contributed by atoms with Crippen molar-refractivity contribution in [3.05, 3.63) is 72.1 Å². The summed E-state index contributed by atoms with van der Waals surface area (Å²) < 4.78 is 1.84. The highest BCUT2D eigenvalue weighted by molar-refractivity contribution is 6.04. The standard InChI is InChI=1S/C19H21N5O/c1-14(2)10-18-20-11-17(12-21-18)23-19(25)16-6-4-15(5-7-16)13-24-9-3-8-22-24/h3-9,11-12,14H,10,13H2,1-2H3,(H,23,25). The summed E-state index contributed by atoms with van der Waals surface area (Å²) in [4.78, 5) is 20.9. The van der Waals surface area contributed by atoms with E-state index in [0.29, 0.717) is 23.7 Å². The van der Waals surface area contributed by atoms with Gasteiger partial charge in [0.2, 0.25) is 0 Å². The van der Waals surface area contributed by atoms with Crippen molar-refractivity contribution in [1.82, 2.24) is 19.7 Å². The van der Waals surface area contributed by atoms with Crippen molar-refractivity contribution in [3.8, 4) is 0 Å². The van der Waals surface area contributed by atoms with Gasteiger partial charge in [0.05, 0.1) is 24.6 Å². The summed E-state index contributed by atoms with van der Waals surface area (Å²) in [5, 5.41) is 7.00. The molecule has 3 aromatic rings. The summed E-state index contributed by atoms with van der Waals surface area (Å²) >= 11 is 0. The molecule has 0 atom stereocenters. The van der Waals surface area contributed by atoms with E-state index in [1.165, 1.54) is 0 Å². The minimum atomic E-state index is -0.175. The van der Waals surface area contributed by atoms with Crippen LogP contribution in [0, 0.1) is 5.92 Å². The maximum absolute atomic E-state index is 12.3. The Balaban J connectivity index is 1.61. The van der Waals surface area contributed by atoms with Crippen LogP contribution in [0.2, 0.25) is 0 Å². The first kappa shape index (κ1) is 16.8. The Morgan fingerprint density at radius 1 is 1.16 bits per heavy atom. The van der Waals surface area contributed by atoms with Gasteiger partial charge in [-0.2, -0.15) is 5.10 Å². The van der Waals surface area contributed by atoms with Crippen molar-refractivity contribution in [2.45, 2.75) is 26.8 Å². The summed E-state index contributed by atoms with van der Waals surface area (Å²) in [5.41, 5.74) is 2.27. The molecular formula is C19H21N5O. The molecule has 0 aliphatic carbocycles. The molecule has 128 valence electrons. The second-order valence-corrected chi connectivity index (χ2v) is 6.34. The lowest BCUT2D eigenvalue weighted by atomic mass is 10.1. The molecule has 0 saturated carbocycles. The average molecular weight is 335 g/mol. The van der Waals surface area contributed by atoms with Crippen LogP contribution in [0.15, 0.2) is 55.1 Å². The van der Waals surface area contributed by atoms with E-state index in [1.807, 2.05) is 41.2 Å². The van der Waals surface area contributed by atoms with Crippen LogP contribution in [0.4, 0.5) is 5.69 Å². The van der Waals surface area contributed by atoms with Crippen LogP contribution in [0.3, 0.4) is 0 Å². The van der Waals surface area contributed by atoms with E-state index in [-0.39, 0.29) is 5.91 Å². The van der Waals surface area contributed by atoms with Crippen LogP contribution < -0.4 is 5.32 Å². The Kier molecular flexibility index (Phi) is 5.18. The van der Waals surface area contributed by atoms with Crippen molar-refractivity contribution in [2.24, 2.45) is 5.92 Å². The number of hydrogen-bond acceptors (Lipinski definition) is 4. The number of benzene rings is 1. The van der Waals surface area contributed by atoms with Crippen molar-refractivity contribution in [3.63, 3.8) is 0 Å². The van der Waals surface area contributed by atoms with Gasteiger partial charge in [0.1, 0.15) is 5.82 Å². The van der Waals surface area contributed by atoms with Gasteiger partial charge < -0.3 is 5.32 Å². The minimum absolute atomic E-state index is 0.175. The van der Waals surface area contributed by atoms with Crippen LogP contribution in [-0.2, 0) is 13.0 Å². The zero-order valence-corrected chi connectivity index (χ0v) is 14.4. The number of hydrogen-bond donors (Lipinski definition) is 1. The van der Waals surface area contributed by atoms with Gasteiger partial charge in [-0.1, -0.05) is 26.0 Å². The van der Waals surface area contributed by atoms with E-state index < -0.39 is 0 Å². The molecule has 1 aromatic carbocycles. The molecule has 2 heterocycles. The molecule has 0 fully saturated rings. The highest BCUT2D eigenvalue weighted by Gasteiger charge is 2.08. The number of nitrogens with zero attached hydrogens (tertiary/aromatic N) is 4. The molecule has 0 saturated heterocycles. The third-order valence-electron chi connectivity index (χ3n) is 3.67. The molecule has 0 unspecified atom stereocenters. The largest absolute Gasteiger partial charge is 0.319 e. The number of amides is 1. The van der Waals surface area contributed by atoms with E-state index in [9.17, 15) is 4.79 Å². The Morgan fingerprint density at radius 3 is 2.48 bits per heavy atom. The Morgan fingerprint density at radius 2 is 1.88 bits per heavy atom. The lowest BCUT2D eigenvalue weighted by Crippen LogP contribution is -2.13. The Labute approximate surface area is 146 Å². The zero-order chi connectivity index (χ0) is 17.6. The molecular weight excluding hydrogens is 314 g/mol. The fourth-order valence-electron chi connectivity index (χ4n) is 2.44. The molecule has 2 aromatic heterocycles. The quantitative estimate of drug-likeness (QED) is 0.751. The third-order valence-corrected chi connectivity index (χ3v) is 3.67. The summed E-state index contributed by atoms with van der Waals surface area (Å²) in [7, 11) is 0. The average Bonchev–Trinajstić information content (AvgIpc) is 3.10.